The van der Waals surface area contributed by atoms with Crippen molar-refractivity contribution < 1.29 is 39.6 Å². The second-order valence-electron chi connectivity index (χ2n) is 10.4. The average Bonchev–Trinajstić information content (AvgIpc) is 2.85. The van der Waals surface area contributed by atoms with E-state index in [0.29, 0.717) is 17.8 Å². The van der Waals surface area contributed by atoms with Crippen LogP contribution in [-0.4, -0.2) is 81.6 Å². The number of carbonyl (C=O) groups excluding carboxylic acids is 4. The molecule has 9 N–H and O–H groups in total. The summed E-state index contributed by atoms with van der Waals surface area (Å²) in [6, 6.07) is 1.67. The lowest BCUT2D eigenvalue weighted by atomic mass is 9.59. The number of anilines is 1. The van der Waals surface area contributed by atoms with Gasteiger partial charge in [0, 0.05) is 56.3 Å². The van der Waals surface area contributed by atoms with Crippen molar-refractivity contribution >= 4 is 34.8 Å². The fourth-order valence-corrected chi connectivity index (χ4v) is 5.80. The quantitative estimate of drug-likeness (QED) is 0.129. The second-order valence-corrected chi connectivity index (χ2v) is 10.4. The molecule has 39 heavy (non-hydrogen) atoms. The Hall–Kier alpha value is -3.94. The molecular formula is C26H33N5O8. The first kappa shape index (κ1) is 28.1. The highest BCUT2D eigenvalue weighted by Crippen LogP contribution is 2.53. The third kappa shape index (κ3) is 4.41. The van der Waals surface area contributed by atoms with Gasteiger partial charge in [-0.25, -0.2) is 5.01 Å². The van der Waals surface area contributed by atoms with Crippen molar-refractivity contribution in [3.05, 3.63) is 39.7 Å². The van der Waals surface area contributed by atoms with Crippen LogP contribution in [-0.2, 0) is 32.1 Å². The Morgan fingerprint density at radius 2 is 1.85 bits per heavy atom. The largest absolute Gasteiger partial charge is 0.508 e. The highest BCUT2D eigenvalue weighted by molar-refractivity contribution is 6.22. The highest BCUT2D eigenvalue weighted by Gasteiger charge is 2.60. The number of likely N-dealkylation sites (N-methyl/N-ethyl adjacent to an activating group) is 1. The number of nitrogens with one attached hydrogen (secondary N) is 1. The predicted octanol–water partition coefficient (Wildman–Crippen LogP) is -0.698. The number of hydrazine groups is 1. The SMILES string of the molecule is CCN(N)CC(=O)NCc1cc(N(C)C)c2c(c1O)C(O)=C1C(=O)[C@]3(O)C(O)=C(C(N)=O)C(=O)C[C@@H]3C[C@@H]1C2. The number of aromatic hydroxyl groups is 1. The first-order chi connectivity index (χ1) is 18.2. The molecule has 1 fully saturated rings. The number of nitrogens with two attached hydrogens (primary N) is 2. The first-order valence-electron chi connectivity index (χ1n) is 12.5. The number of rotatable bonds is 7. The Balaban J connectivity index is 1.82. The summed E-state index contributed by atoms with van der Waals surface area (Å²) in [5.74, 6) is -1.58. The average molecular weight is 544 g/mol. The standard InChI is InChI=1S/C26H33N5O8/c1-4-31(28)10-17(33)29-9-12-7-15(30(2)3)14-6-11-5-13-8-16(32)20(25(27)38)24(37)26(13,39)23(36)18(11)22(35)19(14)21(12)34/h7,11,13,34-35,37,39H,4-6,8-10,28H2,1-3H3,(H2,27,38)(H,29,33)/t11-,13+,26+/m1/s1. The van der Waals surface area contributed by atoms with Gasteiger partial charge in [0.1, 0.15) is 22.8 Å². The van der Waals surface area contributed by atoms with Crippen LogP contribution in [0.3, 0.4) is 0 Å². The minimum Gasteiger partial charge on any atom is -0.508 e. The molecule has 0 bridgehead atoms. The lowest BCUT2D eigenvalue weighted by Crippen LogP contribution is -2.58. The van der Waals surface area contributed by atoms with Crippen molar-refractivity contribution in [2.24, 2.45) is 23.4 Å². The fourth-order valence-electron chi connectivity index (χ4n) is 5.80. The number of fused-ring (bicyclic) bond motifs is 3. The molecule has 3 aliphatic rings. The maximum absolute atomic E-state index is 13.7. The van der Waals surface area contributed by atoms with E-state index in [1.165, 1.54) is 5.01 Å². The molecule has 0 heterocycles. The Morgan fingerprint density at radius 3 is 2.44 bits per heavy atom. The van der Waals surface area contributed by atoms with E-state index in [-0.39, 0.29) is 60.7 Å². The number of hydrogen-bond acceptors (Lipinski definition) is 11. The molecule has 0 aromatic heterocycles. The number of nitrogens with zero attached hydrogens (tertiary/aromatic N) is 2. The van der Waals surface area contributed by atoms with E-state index >= 15 is 0 Å². The number of carbonyl (C=O) groups is 4. The summed E-state index contributed by atoms with van der Waals surface area (Å²) < 4.78 is 0. The Labute approximate surface area is 224 Å². The molecule has 2 amide bonds. The second kappa shape index (κ2) is 9.98. The molecule has 0 radical (unpaired) electrons. The molecule has 1 aromatic rings. The zero-order valence-electron chi connectivity index (χ0n) is 21.9. The normalized spacial score (nSPS) is 24.4. The number of phenols is 1. The number of hydrogen-bond donors (Lipinski definition) is 7. The van der Waals surface area contributed by atoms with Crippen molar-refractivity contribution in [1.29, 1.82) is 0 Å². The number of primary amides is 1. The number of amides is 2. The van der Waals surface area contributed by atoms with E-state index in [4.69, 9.17) is 11.6 Å². The Bertz CT molecular complexity index is 1350. The summed E-state index contributed by atoms with van der Waals surface area (Å²) in [6.07, 6.45) is -0.160. The van der Waals surface area contributed by atoms with Gasteiger partial charge in [-0.1, -0.05) is 6.92 Å². The van der Waals surface area contributed by atoms with E-state index in [9.17, 15) is 39.6 Å². The summed E-state index contributed by atoms with van der Waals surface area (Å²) in [5.41, 5.74) is 2.91. The Kier molecular flexibility index (Phi) is 7.19. The predicted molar refractivity (Wildman–Crippen MR) is 139 cm³/mol. The molecule has 0 spiro atoms. The van der Waals surface area contributed by atoms with Gasteiger partial charge in [-0.05, 0) is 30.4 Å². The number of phenolic OH excluding ortho intramolecular Hbond substituents is 1. The molecule has 13 heteroatoms. The van der Waals surface area contributed by atoms with Gasteiger partial charge in [-0.2, -0.15) is 0 Å². The third-order valence-corrected chi connectivity index (χ3v) is 7.83. The smallest absolute Gasteiger partial charge is 0.255 e. The molecule has 13 nitrogen and oxygen atoms in total. The van der Waals surface area contributed by atoms with Crippen molar-refractivity contribution in [3.63, 3.8) is 0 Å². The van der Waals surface area contributed by atoms with Crippen LogP contribution in [0.4, 0.5) is 5.69 Å². The molecule has 0 aliphatic heterocycles. The van der Waals surface area contributed by atoms with Crippen LogP contribution < -0.4 is 21.8 Å². The summed E-state index contributed by atoms with van der Waals surface area (Å²) in [6.45, 7) is 2.07. The molecule has 4 rings (SSSR count). The molecule has 3 atom stereocenters. The molecule has 0 unspecified atom stereocenters. The number of aliphatic hydroxyl groups excluding tert-OH is 2. The molecule has 3 aliphatic carbocycles. The number of benzene rings is 1. The summed E-state index contributed by atoms with van der Waals surface area (Å²) in [7, 11) is 3.52. The monoisotopic (exact) mass is 543 g/mol. The number of aliphatic hydroxyl groups is 3. The molecule has 1 aromatic carbocycles. The van der Waals surface area contributed by atoms with Gasteiger partial charge in [0.25, 0.3) is 5.91 Å². The van der Waals surface area contributed by atoms with Crippen LogP contribution in [0.25, 0.3) is 5.76 Å². The Morgan fingerprint density at radius 1 is 1.18 bits per heavy atom. The van der Waals surface area contributed by atoms with Crippen molar-refractivity contribution in [2.45, 2.75) is 38.3 Å². The third-order valence-electron chi connectivity index (χ3n) is 7.83. The van der Waals surface area contributed by atoms with E-state index in [0.717, 1.165) is 0 Å². The van der Waals surface area contributed by atoms with Crippen LogP contribution in [0.5, 0.6) is 5.75 Å². The van der Waals surface area contributed by atoms with Gasteiger partial charge >= 0.3 is 0 Å². The van der Waals surface area contributed by atoms with Crippen molar-refractivity contribution in [1.82, 2.24) is 10.3 Å². The van der Waals surface area contributed by atoms with Gasteiger partial charge in [0.15, 0.2) is 11.4 Å². The minimum absolute atomic E-state index is 0.0356. The summed E-state index contributed by atoms with van der Waals surface area (Å²) in [5, 5.41) is 48.6. The lowest BCUT2D eigenvalue weighted by molar-refractivity contribution is -0.147. The summed E-state index contributed by atoms with van der Waals surface area (Å²) >= 11 is 0. The zero-order chi connectivity index (χ0) is 29.0. The highest BCUT2D eigenvalue weighted by atomic mass is 16.3. The van der Waals surface area contributed by atoms with Crippen molar-refractivity contribution in [2.75, 3.05) is 32.1 Å². The van der Waals surface area contributed by atoms with Crippen molar-refractivity contribution in [3.8, 4) is 5.75 Å². The van der Waals surface area contributed by atoms with Gasteiger partial charge in [-0.15, -0.1) is 0 Å². The van der Waals surface area contributed by atoms with E-state index in [1.807, 2.05) is 0 Å². The lowest BCUT2D eigenvalue weighted by Gasteiger charge is -2.46. The summed E-state index contributed by atoms with van der Waals surface area (Å²) in [4.78, 5) is 52.0. The van der Waals surface area contributed by atoms with Crippen LogP contribution in [0, 0.1) is 11.8 Å². The maximum atomic E-state index is 13.7. The maximum Gasteiger partial charge on any atom is 0.255 e. The van der Waals surface area contributed by atoms with Gasteiger partial charge in [-0.3, -0.25) is 25.0 Å². The van der Waals surface area contributed by atoms with Crippen LogP contribution in [0.15, 0.2) is 23.0 Å². The van der Waals surface area contributed by atoms with Gasteiger partial charge in [0.05, 0.1) is 12.1 Å². The molecule has 0 saturated heterocycles. The fraction of sp³-hybridized carbons (Fsp3) is 0.462. The van der Waals surface area contributed by atoms with Gasteiger partial charge < -0.3 is 36.4 Å². The molecule has 210 valence electrons. The van der Waals surface area contributed by atoms with E-state index in [2.05, 4.69) is 5.32 Å². The van der Waals surface area contributed by atoms with E-state index in [1.54, 1.807) is 32.0 Å². The van der Waals surface area contributed by atoms with E-state index < -0.39 is 52.0 Å². The minimum atomic E-state index is -2.63. The van der Waals surface area contributed by atoms with Gasteiger partial charge in [0.2, 0.25) is 11.7 Å². The van der Waals surface area contributed by atoms with Crippen LogP contribution >= 0.6 is 0 Å². The van der Waals surface area contributed by atoms with Crippen LogP contribution in [0.1, 0.15) is 36.5 Å². The molecular weight excluding hydrogens is 510 g/mol. The molecule has 1 saturated carbocycles. The topological polar surface area (TPSA) is 220 Å². The zero-order valence-corrected chi connectivity index (χ0v) is 21.9. The number of Topliss-reactive ketones (excluding diaryl/α,β-unsaturated/α-hetero) is 2. The van der Waals surface area contributed by atoms with Crippen LogP contribution in [0.2, 0.25) is 0 Å². The first-order valence-corrected chi connectivity index (χ1v) is 12.5. The number of ketones is 2.